The molecule has 4 heteroatoms. The van der Waals surface area contributed by atoms with E-state index in [0.717, 1.165) is 12.8 Å². The van der Waals surface area contributed by atoms with Crippen molar-refractivity contribution in [1.29, 1.82) is 0 Å². The van der Waals surface area contributed by atoms with Crippen molar-refractivity contribution < 1.29 is 14.3 Å². The molecule has 78 valence electrons. The summed E-state index contributed by atoms with van der Waals surface area (Å²) in [5, 5.41) is 2.79. The van der Waals surface area contributed by atoms with Gasteiger partial charge in [-0.15, -0.1) is 0 Å². The van der Waals surface area contributed by atoms with Crippen LogP contribution in [0.3, 0.4) is 0 Å². The first-order valence-corrected chi connectivity index (χ1v) is 4.70. The smallest absolute Gasteiger partial charge is 0.303 e. The molecule has 0 aromatic carbocycles. The van der Waals surface area contributed by atoms with Crippen molar-refractivity contribution in [3.63, 3.8) is 0 Å². The highest BCUT2D eigenvalue weighted by Crippen LogP contribution is 2.14. The molecule has 0 aromatic heterocycles. The van der Waals surface area contributed by atoms with E-state index < -0.39 is 0 Å². The van der Waals surface area contributed by atoms with Gasteiger partial charge in [0, 0.05) is 19.9 Å². The molecule has 0 saturated heterocycles. The molecule has 0 aliphatic heterocycles. The van der Waals surface area contributed by atoms with E-state index in [4.69, 9.17) is 4.74 Å². The third-order valence-electron chi connectivity index (χ3n) is 2.03. The molecule has 0 fully saturated rings. The number of nitrogens with one attached hydrogen (secondary N) is 1. The summed E-state index contributed by atoms with van der Waals surface area (Å²) >= 11 is 0. The van der Waals surface area contributed by atoms with E-state index in [2.05, 4.69) is 5.32 Å². The van der Waals surface area contributed by atoms with Crippen molar-refractivity contribution in [2.24, 2.45) is 0 Å². The molecule has 2 atom stereocenters. The Hall–Kier alpha value is -1.32. The van der Waals surface area contributed by atoms with Gasteiger partial charge in [-0.3, -0.25) is 9.59 Å². The third-order valence-corrected chi connectivity index (χ3v) is 2.03. The minimum atomic E-state index is -0.266. The van der Waals surface area contributed by atoms with Crippen LogP contribution >= 0.6 is 0 Å². The Balaban J connectivity index is 2.39. The Morgan fingerprint density at radius 2 is 2.00 bits per heavy atom. The summed E-state index contributed by atoms with van der Waals surface area (Å²) in [7, 11) is 0. The molecular formula is C10H15NO3. The SMILES string of the molecule is CC(=O)N[C@@H]1C=C[C@H](OC(C)=O)CC1. The maximum atomic E-state index is 10.7. The number of carbonyl (C=O) groups is 2. The summed E-state index contributed by atoms with van der Waals surface area (Å²) in [6.07, 6.45) is 5.15. The Kier molecular flexibility index (Phi) is 3.68. The fourth-order valence-electron chi connectivity index (χ4n) is 1.49. The quantitative estimate of drug-likeness (QED) is 0.525. The number of carbonyl (C=O) groups excluding carboxylic acids is 2. The van der Waals surface area contributed by atoms with Gasteiger partial charge in [0.2, 0.25) is 5.91 Å². The number of rotatable bonds is 2. The third kappa shape index (κ3) is 3.60. The van der Waals surface area contributed by atoms with E-state index in [9.17, 15) is 9.59 Å². The van der Waals surface area contributed by atoms with E-state index in [1.165, 1.54) is 13.8 Å². The van der Waals surface area contributed by atoms with Crippen LogP contribution in [0.1, 0.15) is 26.7 Å². The van der Waals surface area contributed by atoms with Crippen LogP contribution in [0.5, 0.6) is 0 Å². The zero-order chi connectivity index (χ0) is 10.6. The van der Waals surface area contributed by atoms with E-state index in [1.54, 1.807) is 0 Å². The average Bonchev–Trinajstić information content (AvgIpc) is 2.06. The van der Waals surface area contributed by atoms with Gasteiger partial charge in [-0.25, -0.2) is 0 Å². The zero-order valence-corrected chi connectivity index (χ0v) is 8.45. The first-order chi connectivity index (χ1) is 6.58. The molecule has 1 amide bonds. The largest absolute Gasteiger partial charge is 0.458 e. The Morgan fingerprint density at radius 1 is 1.29 bits per heavy atom. The lowest BCUT2D eigenvalue weighted by Gasteiger charge is -2.22. The minimum absolute atomic E-state index is 0.0365. The molecule has 1 rings (SSSR count). The highest BCUT2D eigenvalue weighted by atomic mass is 16.5. The zero-order valence-electron chi connectivity index (χ0n) is 8.45. The summed E-state index contributed by atoms with van der Waals surface area (Å²) < 4.78 is 5.01. The number of ether oxygens (including phenoxy) is 1. The molecule has 0 heterocycles. The van der Waals surface area contributed by atoms with Crippen LogP contribution < -0.4 is 5.32 Å². The van der Waals surface area contributed by atoms with Gasteiger partial charge in [-0.05, 0) is 18.9 Å². The fraction of sp³-hybridized carbons (Fsp3) is 0.600. The normalized spacial score (nSPS) is 25.6. The van der Waals surface area contributed by atoms with Crippen LogP contribution in [-0.2, 0) is 14.3 Å². The molecule has 0 saturated carbocycles. The first-order valence-electron chi connectivity index (χ1n) is 4.70. The number of amides is 1. The number of esters is 1. The van der Waals surface area contributed by atoms with Crippen LogP contribution in [0.15, 0.2) is 12.2 Å². The Bertz CT molecular complexity index is 234. The van der Waals surface area contributed by atoms with Gasteiger partial charge in [0.05, 0.1) is 0 Å². The van der Waals surface area contributed by atoms with Gasteiger partial charge < -0.3 is 10.1 Å². The van der Waals surface area contributed by atoms with Crippen LogP contribution in [0, 0.1) is 0 Å². The van der Waals surface area contributed by atoms with Gasteiger partial charge in [0.15, 0.2) is 0 Å². The molecule has 0 bridgehead atoms. The summed E-state index contributed by atoms with van der Waals surface area (Å²) in [6, 6.07) is 0.0827. The topological polar surface area (TPSA) is 55.4 Å². The summed E-state index contributed by atoms with van der Waals surface area (Å²) in [6.45, 7) is 2.89. The predicted octanol–water partition coefficient (Wildman–Crippen LogP) is 0.773. The minimum Gasteiger partial charge on any atom is -0.458 e. The lowest BCUT2D eigenvalue weighted by molar-refractivity contribution is -0.144. The van der Waals surface area contributed by atoms with Crippen LogP contribution in [0.2, 0.25) is 0 Å². The first kappa shape index (κ1) is 10.8. The molecular weight excluding hydrogens is 182 g/mol. The molecule has 1 aliphatic carbocycles. The highest BCUT2D eigenvalue weighted by molar-refractivity contribution is 5.73. The lowest BCUT2D eigenvalue weighted by Crippen LogP contribution is -2.35. The van der Waals surface area contributed by atoms with Crippen molar-refractivity contribution in [2.75, 3.05) is 0 Å². The van der Waals surface area contributed by atoms with Crippen molar-refractivity contribution in [2.45, 2.75) is 38.8 Å². The van der Waals surface area contributed by atoms with Gasteiger partial charge in [-0.1, -0.05) is 6.08 Å². The van der Waals surface area contributed by atoms with Crippen molar-refractivity contribution >= 4 is 11.9 Å². The summed E-state index contributed by atoms with van der Waals surface area (Å²) in [5.74, 6) is -0.303. The van der Waals surface area contributed by atoms with Gasteiger partial charge >= 0.3 is 5.97 Å². The molecule has 0 spiro atoms. The van der Waals surface area contributed by atoms with Crippen LogP contribution in [0.4, 0.5) is 0 Å². The Morgan fingerprint density at radius 3 is 2.43 bits per heavy atom. The van der Waals surface area contributed by atoms with Crippen molar-refractivity contribution in [3.05, 3.63) is 12.2 Å². The second-order valence-electron chi connectivity index (χ2n) is 3.42. The van der Waals surface area contributed by atoms with Gasteiger partial charge in [0.1, 0.15) is 6.10 Å². The molecule has 14 heavy (non-hydrogen) atoms. The van der Waals surface area contributed by atoms with Crippen LogP contribution in [0.25, 0.3) is 0 Å². The lowest BCUT2D eigenvalue weighted by atomic mass is 10.0. The summed E-state index contributed by atoms with van der Waals surface area (Å²) in [5.41, 5.74) is 0. The van der Waals surface area contributed by atoms with Gasteiger partial charge in [0.25, 0.3) is 0 Å². The second-order valence-corrected chi connectivity index (χ2v) is 3.42. The predicted molar refractivity (Wildman–Crippen MR) is 51.5 cm³/mol. The standard InChI is InChI=1S/C10H15NO3/c1-7(12)11-9-3-5-10(6-4-9)14-8(2)13/h3,5,9-10H,4,6H2,1-2H3,(H,11,12)/t9-,10+/m1/s1. The van der Waals surface area contributed by atoms with Crippen LogP contribution in [-0.4, -0.2) is 24.0 Å². The Labute approximate surface area is 83.3 Å². The molecule has 0 aromatic rings. The van der Waals surface area contributed by atoms with E-state index in [1.807, 2.05) is 12.2 Å². The number of hydrogen-bond donors (Lipinski definition) is 1. The average molecular weight is 197 g/mol. The number of hydrogen-bond acceptors (Lipinski definition) is 3. The van der Waals surface area contributed by atoms with E-state index >= 15 is 0 Å². The van der Waals surface area contributed by atoms with Gasteiger partial charge in [-0.2, -0.15) is 0 Å². The van der Waals surface area contributed by atoms with E-state index in [0.29, 0.717) is 0 Å². The monoisotopic (exact) mass is 197 g/mol. The van der Waals surface area contributed by atoms with E-state index in [-0.39, 0.29) is 24.0 Å². The second kappa shape index (κ2) is 4.79. The highest BCUT2D eigenvalue weighted by Gasteiger charge is 2.17. The summed E-state index contributed by atoms with van der Waals surface area (Å²) in [4.78, 5) is 21.4. The molecule has 0 radical (unpaired) electrons. The van der Waals surface area contributed by atoms with Crippen molar-refractivity contribution in [3.8, 4) is 0 Å². The molecule has 1 N–H and O–H groups in total. The maximum absolute atomic E-state index is 10.7. The molecule has 1 aliphatic rings. The van der Waals surface area contributed by atoms with Crippen molar-refractivity contribution in [1.82, 2.24) is 5.32 Å². The molecule has 0 unspecified atom stereocenters. The maximum Gasteiger partial charge on any atom is 0.303 e. The molecule has 4 nitrogen and oxygen atoms in total. The fourth-order valence-corrected chi connectivity index (χ4v) is 1.49.